The van der Waals surface area contributed by atoms with Crippen LogP contribution in [0.5, 0.6) is 0 Å². The summed E-state index contributed by atoms with van der Waals surface area (Å²) in [5, 5.41) is 14.2. The molecule has 4 nitrogen and oxygen atoms in total. The maximum atomic E-state index is 10.9. The highest BCUT2D eigenvalue weighted by molar-refractivity contribution is 6.35. The quantitative estimate of drug-likeness (QED) is 0.941. The van der Waals surface area contributed by atoms with Crippen LogP contribution >= 0.6 is 23.2 Å². The van der Waals surface area contributed by atoms with E-state index in [0.717, 1.165) is 5.56 Å². The Labute approximate surface area is 114 Å². The van der Waals surface area contributed by atoms with Crippen molar-refractivity contribution in [1.29, 1.82) is 0 Å². The van der Waals surface area contributed by atoms with E-state index in [0.29, 0.717) is 22.3 Å². The third-order valence-electron chi connectivity index (χ3n) is 2.52. The number of aryl methyl sites for hydroxylation is 1. The highest BCUT2D eigenvalue weighted by Crippen LogP contribution is 2.22. The van der Waals surface area contributed by atoms with Crippen molar-refractivity contribution in [2.75, 3.05) is 0 Å². The van der Waals surface area contributed by atoms with Crippen molar-refractivity contribution in [1.82, 2.24) is 9.78 Å². The molecule has 0 aliphatic rings. The number of carboxylic acid groups (broad SMARTS) is 1. The normalized spacial score (nSPS) is 10.6. The Balaban J connectivity index is 2.29. The van der Waals surface area contributed by atoms with Gasteiger partial charge in [-0.2, -0.15) is 5.10 Å². The average Bonchev–Trinajstić information content (AvgIpc) is 2.64. The van der Waals surface area contributed by atoms with Gasteiger partial charge in [-0.15, -0.1) is 0 Å². The molecule has 0 bridgehead atoms. The molecule has 2 aromatic rings. The number of halogens is 2. The Morgan fingerprint density at radius 2 is 2.17 bits per heavy atom. The summed E-state index contributed by atoms with van der Waals surface area (Å²) < 4.78 is 1.55. The van der Waals surface area contributed by atoms with Crippen molar-refractivity contribution in [3.05, 3.63) is 51.3 Å². The second-order valence-electron chi connectivity index (χ2n) is 3.87. The van der Waals surface area contributed by atoms with Crippen LogP contribution in [0.1, 0.15) is 21.6 Å². The van der Waals surface area contributed by atoms with E-state index in [4.69, 9.17) is 28.3 Å². The highest BCUT2D eigenvalue weighted by atomic mass is 35.5. The van der Waals surface area contributed by atoms with E-state index in [1.807, 2.05) is 0 Å². The molecule has 94 valence electrons. The van der Waals surface area contributed by atoms with Crippen LogP contribution in [0.2, 0.25) is 10.0 Å². The average molecular weight is 285 g/mol. The number of nitrogens with zero attached hydrogens (tertiary/aromatic N) is 2. The summed E-state index contributed by atoms with van der Waals surface area (Å²) in [5.74, 6) is -0.985. The molecule has 1 aromatic heterocycles. The van der Waals surface area contributed by atoms with Crippen LogP contribution in [0.4, 0.5) is 0 Å². The van der Waals surface area contributed by atoms with Gasteiger partial charge in [-0.1, -0.05) is 29.3 Å². The van der Waals surface area contributed by atoms with Gasteiger partial charge in [0, 0.05) is 16.2 Å². The molecule has 0 unspecified atom stereocenters. The molecule has 18 heavy (non-hydrogen) atoms. The van der Waals surface area contributed by atoms with E-state index in [-0.39, 0.29) is 5.56 Å². The van der Waals surface area contributed by atoms with Gasteiger partial charge in [-0.05, 0) is 24.6 Å². The van der Waals surface area contributed by atoms with Gasteiger partial charge in [0.2, 0.25) is 0 Å². The van der Waals surface area contributed by atoms with Crippen LogP contribution in [0, 0.1) is 6.92 Å². The summed E-state index contributed by atoms with van der Waals surface area (Å²) in [4.78, 5) is 10.9. The number of hydrogen-bond acceptors (Lipinski definition) is 2. The molecule has 0 aliphatic heterocycles. The first kappa shape index (κ1) is 12.9. The van der Waals surface area contributed by atoms with Gasteiger partial charge in [0.1, 0.15) is 5.56 Å². The molecule has 0 atom stereocenters. The Hall–Kier alpha value is -1.52. The smallest absolute Gasteiger partial charge is 0.339 e. The Kier molecular flexibility index (Phi) is 3.59. The first-order valence-electron chi connectivity index (χ1n) is 5.18. The fourth-order valence-corrected chi connectivity index (χ4v) is 2.10. The maximum Gasteiger partial charge on any atom is 0.339 e. The van der Waals surface area contributed by atoms with Crippen LogP contribution in [-0.2, 0) is 6.54 Å². The molecule has 0 spiro atoms. The molecule has 6 heteroatoms. The number of aromatic nitrogens is 2. The summed E-state index contributed by atoms with van der Waals surface area (Å²) in [6, 6.07) is 5.17. The lowest BCUT2D eigenvalue weighted by atomic mass is 10.2. The highest BCUT2D eigenvalue weighted by Gasteiger charge is 2.12. The van der Waals surface area contributed by atoms with Crippen molar-refractivity contribution in [3.8, 4) is 0 Å². The Morgan fingerprint density at radius 3 is 2.72 bits per heavy atom. The molecular formula is C12H10Cl2N2O2. The van der Waals surface area contributed by atoms with E-state index in [1.54, 1.807) is 29.8 Å². The van der Waals surface area contributed by atoms with Gasteiger partial charge in [-0.25, -0.2) is 4.79 Å². The molecule has 0 amide bonds. The third-order valence-corrected chi connectivity index (χ3v) is 3.11. The van der Waals surface area contributed by atoms with Gasteiger partial charge < -0.3 is 5.11 Å². The zero-order valence-electron chi connectivity index (χ0n) is 9.52. The van der Waals surface area contributed by atoms with Crippen LogP contribution in [0.25, 0.3) is 0 Å². The maximum absolute atomic E-state index is 10.9. The first-order chi connectivity index (χ1) is 8.47. The number of rotatable bonds is 3. The Bertz CT molecular complexity index is 608. The van der Waals surface area contributed by atoms with Crippen molar-refractivity contribution in [3.63, 3.8) is 0 Å². The molecular weight excluding hydrogens is 275 g/mol. The molecule has 0 fully saturated rings. The fourth-order valence-electron chi connectivity index (χ4n) is 1.63. The fraction of sp³-hybridized carbons (Fsp3) is 0.167. The molecule has 1 heterocycles. The number of benzene rings is 1. The zero-order chi connectivity index (χ0) is 13.3. The largest absolute Gasteiger partial charge is 0.478 e. The SMILES string of the molecule is Cc1nn(Cc2ccc(Cl)cc2Cl)cc1C(=O)O. The second kappa shape index (κ2) is 5.00. The molecule has 1 aromatic carbocycles. The summed E-state index contributed by atoms with van der Waals surface area (Å²) in [5.41, 5.74) is 1.51. The van der Waals surface area contributed by atoms with Crippen molar-refractivity contribution >= 4 is 29.2 Å². The molecule has 0 saturated heterocycles. The van der Waals surface area contributed by atoms with E-state index in [1.165, 1.54) is 6.20 Å². The predicted molar refractivity (Wildman–Crippen MR) is 69.5 cm³/mol. The van der Waals surface area contributed by atoms with Gasteiger partial charge in [0.05, 0.1) is 12.2 Å². The number of aromatic carboxylic acids is 1. The number of carboxylic acids is 1. The molecule has 0 saturated carbocycles. The summed E-state index contributed by atoms with van der Waals surface area (Å²) in [7, 11) is 0. The minimum atomic E-state index is -0.985. The van der Waals surface area contributed by atoms with Crippen molar-refractivity contribution in [2.45, 2.75) is 13.5 Å². The first-order valence-corrected chi connectivity index (χ1v) is 5.94. The van der Waals surface area contributed by atoms with Gasteiger partial charge in [0.15, 0.2) is 0 Å². The lowest BCUT2D eigenvalue weighted by Crippen LogP contribution is -2.01. The second-order valence-corrected chi connectivity index (χ2v) is 4.71. The minimum Gasteiger partial charge on any atom is -0.478 e. The molecule has 1 N–H and O–H groups in total. The molecule has 0 aliphatic carbocycles. The zero-order valence-corrected chi connectivity index (χ0v) is 11.0. The standard InChI is InChI=1S/C12H10Cl2N2O2/c1-7-10(12(17)18)6-16(15-7)5-8-2-3-9(13)4-11(8)14/h2-4,6H,5H2,1H3,(H,17,18). The van der Waals surface area contributed by atoms with E-state index < -0.39 is 5.97 Å². The summed E-state index contributed by atoms with van der Waals surface area (Å²) >= 11 is 11.9. The van der Waals surface area contributed by atoms with Gasteiger partial charge in [-0.3, -0.25) is 4.68 Å². The Morgan fingerprint density at radius 1 is 1.44 bits per heavy atom. The van der Waals surface area contributed by atoms with Crippen LogP contribution in [-0.4, -0.2) is 20.9 Å². The van der Waals surface area contributed by atoms with Gasteiger partial charge in [0.25, 0.3) is 0 Å². The van der Waals surface area contributed by atoms with Gasteiger partial charge >= 0.3 is 5.97 Å². The number of hydrogen-bond donors (Lipinski definition) is 1. The van der Waals surface area contributed by atoms with E-state index in [2.05, 4.69) is 5.10 Å². The van der Waals surface area contributed by atoms with Crippen molar-refractivity contribution < 1.29 is 9.90 Å². The monoisotopic (exact) mass is 284 g/mol. The molecule has 0 radical (unpaired) electrons. The summed E-state index contributed by atoms with van der Waals surface area (Å²) in [6.45, 7) is 2.06. The van der Waals surface area contributed by atoms with E-state index >= 15 is 0 Å². The van der Waals surface area contributed by atoms with Crippen LogP contribution in [0.3, 0.4) is 0 Å². The van der Waals surface area contributed by atoms with Crippen molar-refractivity contribution in [2.24, 2.45) is 0 Å². The predicted octanol–water partition coefficient (Wildman–Crippen LogP) is 3.24. The number of carbonyl (C=O) groups is 1. The van der Waals surface area contributed by atoms with E-state index in [9.17, 15) is 4.79 Å². The third kappa shape index (κ3) is 2.66. The lowest BCUT2D eigenvalue weighted by molar-refractivity contribution is 0.0696. The lowest BCUT2D eigenvalue weighted by Gasteiger charge is -2.04. The summed E-state index contributed by atoms with van der Waals surface area (Å²) in [6.07, 6.45) is 1.49. The van der Waals surface area contributed by atoms with Crippen LogP contribution < -0.4 is 0 Å². The molecule has 2 rings (SSSR count). The minimum absolute atomic E-state index is 0.195. The topological polar surface area (TPSA) is 55.1 Å². The van der Waals surface area contributed by atoms with Crippen LogP contribution in [0.15, 0.2) is 24.4 Å².